The van der Waals surface area contributed by atoms with Crippen molar-refractivity contribution >= 4 is 11.6 Å². The van der Waals surface area contributed by atoms with Gasteiger partial charge in [0.15, 0.2) is 17.4 Å². The van der Waals surface area contributed by atoms with E-state index in [4.69, 9.17) is 5.73 Å². The van der Waals surface area contributed by atoms with Crippen LogP contribution in [0, 0.1) is 0 Å². The minimum Gasteiger partial charge on any atom is -0.370 e. The molecule has 0 bridgehead atoms. The molecule has 3 N–H and O–H groups in total. The predicted octanol–water partition coefficient (Wildman–Crippen LogP) is 0.542. The number of pyridine rings is 1. The van der Waals surface area contributed by atoms with Gasteiger partial charge in [-0.3, -0.25) is 4.40 Å². The Bertz CT molecular complexity index is 527. The van der Waals surface area contributed by atoms with Crippen LogP contribution in [0.4, 0.5) is 0 Å². The Balaban J connectivity index is 2.14. The molecule has 0 radical (unpaired) electrons. The van der Waals surface area contributed by atoms with Gasteiger partial charge < -0.3 is 11.1 Å². The molecule has 2 aromatic rings. The summed E-state index contributed by atoms with van der Waals surface area (Å²) in [5, 5.41) is 11.1. The molecule has 6 nitrogen and oxygen atoms in total. The van der Waals surface area contributed by atoms with Crippen LogP contribution in [0.1, 0.15) is 19.7 Å². The zero-order valence-corrected chi connectivity index (χ0v) is 9.96. The first-order valence-corrected chi connectivity index (χ1v) is 5.52. The van der Waals surface area contributed by atoms with E-state index in [2.05, 4.69) is 20.5 Å². The SMILES string of the molecule is CC(C)NC(N)=NCc1nnc2ccccn12. The number of rotatable bonds is 3. The number of nitrogens with zero attached hydrogens (tertiary/aromatic N) is 4. The van der Waals surface area contributed by atoms with E-state index in [0.29, 0.717) is 12.5 Å². The lowest BCUT2D eigenvalue weighted by atomic mass is 10.4. The summed E-state index contributed by atoms with van der Waals surface area (Å²) in [6.07, 6.45) is 1.91. The molecule has 0 spiro atoms. The Morgan fingerprint density at radius 1 is 1.47 bits per heavy atom. The summed E-state index contributed by atoms with van der Waals surface area (Å²) in [7, 11) is 0. The maximum atomic E-state index is 5.72. The molecule has 0 fully saturated rings. The molecule has 0 amide bonds. The van der Waals surface area contributed by atoms with Crippen LogP contribution in [0.2, 0.25) is 0 Å². The highest BCUT2D eigenvalue weighted by Crippen LogP contribution is 2.03. The Hall–Kier alpha value is -2.11. The number of hydrogen-bond donors (Lipinski definition) is 2. The molecule has 17 heavy (non-hydrogen) atoms. The average Bonchev–Trinajstić information content (AvgIpc) is 2.69. The number of nitrogens with two attached hydrogens (primary N) is 1. The molecule has 2 heterocycles. The third-order valence-electron chi connectivity index (χ3n) is 2.21. The third kappa shape index (κ3) is 2.72. The molecule has 0 aromatic carbocycles. The van der Waals surface area contributed by atoms with Gasteiger partial charge in [-0.1, -0.05) is 6.07 Å². The van der Waals surface area contributed by atoms with Crippen molar-refractivity contribution < 1.29 is 0 Å². The van der Waals surface area contributed by atoms with Gasteiger partial charge in [0.05, 0.1) is 0 Å². The fourth-order valence-electron chi connectivity index (χ4n) is 1.50. The fourth-order valence-corrected chi connectivity index (χ4v) is 1.50. The van der Waals surface area contributed by atoms with Gasteiger partial charge in [0.25, 0.3) is 0 Å². The molecule has 0 saturated heterocycles. The van der Waals surface area contributed by atoms with Crippen LogP contribution in [0.15, 0.2) is 29.4 Å². The van der Waals surface area contributed by atoms with E-state index in [1.807, 2.05) is 42.6 Å². The first-order chi connectivity index (χ1) is 8.16. The summed E-state index contributed by atoms with van der Waals surface area (Å²) in [5.74, 6) is 1.20. The molecule has 6 heteroatoms. The van der Waals surface area contributed by atoms with E-state index in [0.717, 1.165) is 11.5 Å². The number of hydrogen-bond acceptors (Lipinski definition) is 3. The van der Waals surface area contributed by atoms with Crippen LogP contribution in [0.3, 0.4) is 0 Å². The Morgan fingerprint density at radius 2 is 2.29 bits per heavy atom. The average molecular weight is 232 g/mol. The molecule has 0 saturated carbocycles. The highest BCUT2D eigenvalue weighted by molar-refractivity contribution is 5.77. The number of nitrogens with one attached hydrogen (secondary N) is 1. The number of fused-ring (bicyclic) bond motifs is 1. The molecule has 0 unspecified atom stereocenters. The number of aliphatic imine (C=N–C) groups is 1. The summed E-state index contributed by atoms with van der Waals surface area (Å²) in [6, 6.07) is 6.02. The van der Waals surface area contributed by atoms with Gasteiger partial charge in [0.1, 0.15) is 6.54 Å². The quantitative estimate of drug-likeness (QED) is 0.598. The van der Waals surface area contributed by atoms with Crippen molar-refractivity contribution in [3.8, 4) is 0 Å². The third-order valence-corrected chi connectivity index (χ3v) is 2.21. The van der Waals surface area contributed by atoms with Crippen molar-refractivity contribution in [2.24, 2.45) is 10.7 Å². The van der Waals surface area contributed by atoms with Crippen LogP contribution in [0.25, 0.3) is 5.65 Å². The second-order valence-corrected chi connectivity index (χ2v) is 4.05. The molecular weight excluding hydrogens is 216 g/mol. The molecule has 2 rings (SSSR count). The van der Waals surface area contributed by atoms with Crippen molar-refractivity contribution in [2.45, 2.75) is 26.4 Å². The lowest BCUT2D eigenvalue weighted by Gasteiger charge is -2.07. The van der Waals surface area contributed by atoms with E-state index in [1.54, 1.807) is 0 Å². The van der Waals surface area contributed by atoms with Crippen molar-refractivity contribution in [2.75, 3.05) is 0 Å². The summed E-state index contributed by atoms with van der Waals surface area (Å²) in [6.45, 7) is 4.43. The van der Waals surface area contributed by atoms with Crippen molar-refractivity contribution in [3.05, 3.63) is 30.2 Å². The molecule has 90 valence electrons. The Morgan fingerprint density at radius 3 is 3.06 bits per heavy atom. The number of aromatic nitrogens is 3. The Kier molecular flexibility index (Phi) is 3.22. The minimum atomic E-state index is 0.272. The van der Waals surface area contributed by atoms with E-state index in [1.165, 1.54) is 0 Å². The second-order valence-electron chi connectivity index (χ2n) is 4.05. The maximum Gasteiger partial charge on any atom is 0.189 e. The van der Waals surface area contributed by atoms with Crippen molar-refractivity contribution in [3.63, 3.8) is 0 Å². The van der Waals surface area contributed by atoms with E-state index in [-0.39, 0.29) is 6.04 Å². The zero-order valence-electron chi connectivity index (χ0n) is 9.96. The smallest absolute Gasteiger partial charge is 0.189 e. The first-order valence-electron chi connectivity index (χ1n) is 5.52. The standard InChI is InChI=1S/C11H16N6/c1-8(2)14-11(12)13-7-10-16-15-9-5-3-4-6-17(9)10/h3-6,8H,7H2,1-2H3,(H3,12,13,14). The van der Waals surface area contributed by atoms with E-state index in [9.17, 15) is 0 Å². The highest BCUT2D eigenvalue weighted by atomic mass is 15.3. The van der Waals surface area contributed by atoms with Crippen LogP contribution in [-0.2, 0) is 6.54 Å². The molecule has 2 aromatic heterocycles. The summed E-state index contributed by atoms with van der Waals surface area (Å²) in [5.41, 5.74) is 6.53. The van der Waals surface area contributed by atoms with Gasteiger partial charge in [0.2, 0.25) is 0 Å². The van der Waals surface area contributed by atoms with Gasteiger partial charge in [-0.2, -0.15) is 0 Å². The summed E-state index contributed by atoms with van der Waals surface area (Å²) < 4.78 is 1.89. The van der Waals surface area contributed by atoms with E-state index < -0.39 is 0 Å². The first kappa shape index (κ1) is 11.4. The normalized spacial score (nSPS) is 12.3. The molecule has 0 aliphatic carbocycles. The van der Waals surface area contributed by atoms with Gasteiger partial charge in [-0.25, -0.2) is 4.99 Å². The zero-order chi connectivity index (χ0) is 12.3. The minimum absolute atomic E-state index is 0.272. The van der Waals surface area contributed by atoms with Gasteiger partial charge in [0, 0.05) is 12.2 Å². The van der Waals surface area contributed by atoms with Crippen LogP contribution >= 0.6 is 0 Å². The summed E-state index contributed by atoms with van der Waals surface area (Å²) >= 11 is 0. The van der Waals surface area contributed by atoms with Crippen LogP contribution in [0.5, 0.6) is 0 Å². The monoisotopic (exact) mass is 232 g/mol. The van der Waals surface area contributed by atoms with Crippen molar-refractivity contribution in [1.29, 1.82) is 0 Å². The van der Waals surface area contributed by atoms with Crippen LogP contribution < -0.4 is 11.1 Å². The fraction of sp³-hybridized carbons (Fsp3) is 0.364. The van der Waals surface area contributed by atoms with Gasteiger partial charge >= 0.3 is 0 Å². The van der Waals surface area contributed by atoms with Crippen LogP contribution in [-0.4, -0.2) is 26.6 Å². The summed E-state index contributed by atoms with van der Waals surface area (Å²) in [4.78, 5) is 4.22. The molecule has 0 aliphatic heterocycles. The van der Waals surface area contributed by atoms with Gasteiger partial charge in [-0.15, -0.1) is 10.2 Å². The highest BCUT2D eigenvalue weighted by Gasteiger charge is 2.03. The molecule has 0 atom stereocenters. The molecular formula is C11H16N6. The molecule has 0 aliphatic rings. The maximum absolute atomic E-state index is 5.72. The Labute approximate surface area is 99.6 Å². The lowest BCUT2D eigenvalue weighted by Crippen LogP contribution is -2.36. The lowest BCUT2D eigenvalue weighted by molar-refractivity contribution is 0.721. The largest absolute Gasteiger partial charge is 0.370 e. The predicted molar refractivity (Wildman–Crippen MR) is 66.6 cm³/mol. The number of guanidine groups is 1. The topological polar surface area (TPSA) is 80.6 Å². The van der Waals surface area contributed by atoms with Gasteiger partial charge in [-0.05, 0) is 26.0 Å². The second kappa shape index (κ2) is 4.82. The van der Waals surface area contributed by atoms with E-state index >= 15 is 0 Å². The van der Waals surface area contributed by atoms with Crippen molar-refractivity contribution in [1.82, 2.24) is 19.9 Å².